The average Bonchev–Trinajstić information content (AvgIpc) is 1.71. The normalized spacial score (nSPS) is 9.50. The topological polar surface area (TPSA) is 0 Å². The maximum Gasteiger partial charge on any atom is 0.416 e. The molecule has 0 amide bonds. The SMILES string of the molecule is C=C.FCC(F)(F)F. The average molecular weight is 130 g/mol. The Morgan fingerprint density at radius 2 is 1.25 bits per heavy atom. The Morgan fingerprint density at radius 3 is 1.25 bits per heavy atom. The molecular weight excluding hydrogens is 124 g/mol. The highest BCUT2D eigenvalue weighted by Gasteiger charge is 2.26. The minimum Gasteiger partial charge on any atom is -0.241 e. The van der Waals surface area contributed by atoms with Crippen LogP contribution >= 0.6 is 0 Å². The second kappa shape index (κ2) is 4.61. The second-order valence-corrected chi connectivity index (χ2v) is 0.749. The molecule has 0 aliphatic carbocycles. The van der Waals surface area contributed by atoms with Crippen molar-refractivity contribution in [1.82, 2.24) is 0 Å². The van der Waals surface area contributed by atoms with Crippen LogP contribution in [0.1, 0.15) is 0 Å². The lowest BCUT2D eigenvalue weighted by Gasteiger charge is -1.93. The number of hydrogen-bond donors (Lipinski definition) is 0. The molecule has 0 saturated carbocycles. The zero-order valence-electron chi connectivity index (χ0n) is 4.13. The first-order valence-electron chi connectivity index (χ1n) is 1.69. The van der Waals surface area contributed by atoms with Gasteiger partial charge in [0.2, 0.25) is 0 Å². The summed E-state index contributed by atoms with van der Waals surface area (Å²) in [5.74, 6) is 0. The fourth-order valence-electron chi connectivity index (χ4n) is 0. The molecule has 50 valence electrons. The molecule has 0 N–H and O–H groups in total. The van der Waals surface area contributed by atoms with Crippen LogP contribution in [0, 0.1) is 0 Å². The van der Waals surface area contributed by atoms with E-state index in [1.165, 1.54) is 0 Å². The molecule has 0 fully saturated rings. The van der Waals surface area contributed by atoms with Crippen molar-refractivity contribution in [2.75, 3.05) is 6.67 Å². The monoisotopic (exact) mass is 130 g/mol. The predicted molar refractivity (Wildman–Crippen MR) is 23.3 cm³/mol. The third kappa shape index (κ3) is 17.9. The number of halogens is 4. The van der Waals surface area contributed by atoms with E-state index < -0.39 is 12.9 Å². The Hall–Kier alpha value is -0.540. The third-order valence-electron chi connectivity index (χ3n) is 0.152. The van der Waals surface area contributed by atoms with Crippen molar-refractivity contribution in [3.63, 3.8) is 0 Å². The summed E-state index contributed by atoms with van der Waals surface area (Å²) in [5, 5.41) is 0. The predicted octanol–water partition coefficient (Wildman–Crippen LogP) is 2.32. The van der Waals surface area contributed by atoms with Crippen molar-refractivity contribution < 1.29 is 17.6 Å². The van der Waals surface area contributed by atoms with Gasteiger partial charge in [-0.1, -0.05) is 0 Å². The molecule has 0 saturated heterocycles. The summed E-state index contributed by atoms with van der Waals surface area (Å²) < 4.78 is 41.6. The summed E-state index contributed by atoms with van der Waals surface area (Å²) >= 11 is 0. The summed E-state index contributed by atoms with van der Waals surface area (Å²) in [5.41, 5.74) is 0. The fourth-order valence-corrected chi connectivity index (χ4v) is 0. The van der Waals surface area contributed by atoms with E-state index >= 15 is 0 Å². The number of rotatable bonds is 0. The smallest absolute Gasteiger partial charge is 0.241 e. The van der Waals surface area contributed by atoms with E-state index in [9.17, 15) is 17.6 Å². The van der Waals surface area contributed by atoms with Crippen LogP contribution in [0.4, 0.5) is 17.6 Å². The highest BCUT2D eigenvalue weighted by atomic mass is 19.4. The molecule has 0 unspecified atom stereocenters. The quantitative estimate of drug-likeness (QED) is 0.348. The van der Waals surface area contributed by atoms with Gasteiger partial charge in [0.05, 0.1) is 0 Å². The molecule has 0 aromatic rings. The molecule has 8 heavy (non-hydrogen) atoms. The Labute approximate surface area is 44.8 Å². The molecule has 0 heterocycles. The largest absolute Gasteiger partial charge is 0.416 e. The maximum atomic E-state index is 10.4. The van der Waals surface area contributed by atoms with Crippen molar-refractivity contribution in [3.8, 4) is 0 Å². The van der Waals surface area contributed by atoms with Gasteiger partial charge in [-0.2, -0.15) is 13.2 Å². The van der Waals surface area contributed by atoms with Crippen LogP contribution in [0.15, 0.2) is 13.2 Å². The second-order valence-electron chi connectivity index (χ2n) is 0.749. The van der Waals surface area contributed by atoms with Crippen molar-refractivity contribution >= 4 is 0 Å². The first kappa shape index (κ1) is 10.4. The van der Waals surface area contributed by atoms with Gasteiger partial charge in [-0.25, -0.2) is 4.39 Å². The van der Waals surface area contributed by atoms with Crippen LogP contribution < -0.4 is 0 Å². The van der Waals surface area contributed by atoms with E-state index in [-0.39, 0.29) is 0 Å². The van der Waals surface area contributed by atoms with E-state index in [4.69, 9.17) is 0 Å². The number of alkyl halides is 4. The zero-order valence-corrected chi connectivity index (χ0v) is 4.13. The summed E-state index contributed by atoms with van der Waals surface area (Å²) in [7, 11) is 0. The van der Waals surface area contributed by atoms with Gasteiger partial charge in [-0.15, -0.1) is 13.2 Å². The van der Waals surface area contributed by atoms with Crippen LogP contribution in [0.3, 0.4) is 0 Å². The van der Waals surface area contributed by atoms with Crippen LogP contribution in [-0.2, 0) is 0 Å². The molecule has 0 spiro atoms. The molecule has 0 aliphatic rings. The highest BCUT2D eigenvalue weighted by molar-refractivity contribution is 4.39. The molecule has 0 aliphatic heterocycles. The van der Waals surface area contributed by atoms with Gasteiger partial charge in [-0.05, 0) is 0 Å². The van der Waals surface area contributed by atoms with E-state index in [0.29, 0.717) is 0 Å². The van der Waals surface area contributed by atoms with Gasteiger partial charge in [-0.3, -0.25) is 0 Å². The van der Waals surface area contributed by atoms with Crippen LogP contribution in [0.25, 0.3) is 0 Å². The van der Waals surface area contributed by atoms with Gasteiger partial charge in [0.25, 0.3) is 0 Å². The van der Waals surface area contributed by atoms with Gasteiger partial charge >= 0.3 is 6.18 Å². The lowest BCUT2D eigenvalue weighted by molar-refractivity contribution is -0.142. The molecule has 0 bridgehead atoms. The molecule has 0 radical (unpaired) electrons. The zero-order chi connectivity index (χ0) is 7.21. The Kier molecular flexibility index (Phi) is 6.02. The molecule has 0 aromatic heterocycles. The lowest BCUT2D eigenvalue weighted by atomic mass is 10.8. The first-order valence-corrected chi connectivity index (χ1v) is 1.69. The lowest BCUT2D eigenvalue weighted by Crippen LogP contribution is -2.08. The third-order valence-corrected chi connectivity index (χ3v) is 0.152. The standard InChI is InChI=1S/C2H2F4.C2H4/c3-1-2(4,5)6;1-2/h1H2;1-2H2. The van der Waals surface area contributed by atoms with Crippen LogP contribution in [0.2, 0.25) is 0 Å². The van der Waals surface area contributed by atoms with Crippen LogP contribution in [0.5, 0.6) is 0 Å². The maximum absolute atomic E-state index is 10.4. The van der Waals surface area contributed by atoms with E-state index in [1.807, 2.05) is 0 Å². The molecule has 0 rings (SSSR count). The Bertz CT molecular complexity index is 46.5. The van der Waals surface area contributed by atoms with Crippen molar-refractivity contribution in [2.45, 2.75) is 6.18 Å². The van der Waals surface area contributed by atoms with Gasteiger partial charge in [0.15, 0.2) is 6.67 Å². The summed E-state index contributed by atoms with van der Waals surface area (Å²) in [6.07, 6.45) is -4.62. The molecule has 0 aromatic carbocycles. The first-order chi connectivity index (χ1) is 3.56. The fraction of sp³-hybridized carbons (Fsp3) is 0.500. The van der Waals surface area contributed by atoms with Gasteiger partial charge in [0, 0.05) is 0 Å². The Morgan fingerprint density at radius 1 is 1.12 bits per heavy atom. The highest BCUT2D eigenvalue weighted by Crippen LogP contribution is 2.13. The van der Waals surface area contributed by atoms with Crippen molar-refractivity contribution in [2.24, 2.45) is 0 Å². The Balaban J connectivity index is 0. The van der Waals surface area contributed by atoms with E-state index in [2.05, 4.69) is 13.2 Å². The minimum absolute atomic E-state index is 2.23. The number of hydrogen-bond acceptors (Lipinski definition) is 0. The van der Waals surface area contributed by atoms with E-state index in [0.717, 1.165) is 0 Å². The van der Waals surface area contributed by atoms with Gasteiger partial charge < -0.3 is 0 Å². The molecule has 0 atom stereocenters. The molecule has 0 nitrogen and oxygen atoms in total. The van der Waals surface area contributed by atoms with Crippen LogP contribution in [-0.4, -0.2) is 12.9 Å². The summed E-state index contributed by atoms with van der Waals surface area (Å²) in [4.78, 5) is 0. The minimum atomic E-state index is -4.62. The summed E-state index contributed by atoms with van der Waals surface area (Å²) in [6, 6.07) is 0. The van der Waals surface area contributed by atoms with Gasteiger partial charge in [0.1, 0.15) is 0 Å². The van der Waals surface area contributed by atoms with Crippen molar-refractivity contribution in [3.05, 3.63) is 13.2 Å². The molecule has 4 heteroatoms. The van der Waals surface area contributed by atoms with Crippen molar-refractivity contribution in [1.29, 1.82) is 0 Å². The molecular formula is C4H6F4. The summed E-state index contributed by atoms with van der Waals surface area (Å²) in [6.45, 7) is 3.77. The van der Waals surface area contributed by atoms with E-state index in [1.54, 1.807) is 0 Å².